The standard InChI is InChI=1S/C14H26N2O2/c1-12-3-5-13(6-4-12)18-11-14(17)16-9-2-7-15-8-10-16/h12-13,15H,2-11H2,1H3. The minimum Gasteiger partial charge on any atom is -0.368 e. The van der Waals surface area contributed by atoms with Gasteiger partial charge >= 0.3 is 0 Å². The van der Waals surface area contributed by atoms with Gasteiger partial charge in [0.25, 0.3) is 0 Å². The molecule has 2 aliphatic rings. The summed E-state index contributed by atoms with van der Waals surface area (Å²) < 4.78 is 5.78. The summed E-state index contributed by atoms with van der Waals surface area (Å²) in [6.45, 7) is 6.20. The van der Waals surface area contributed by atoms with Crippen LogP contribution in [0.5, 0.6) is 0 Å². The van der Waals surface area contributed by atoms with Gasteiger partial charge in [-0.25, -0.2) is 0 Å². The summed E-state index contributed by atoms with van der Waals surface area (Å²) in [4.78, 5) is 14.0. The number of amides is 1. The van der Waals surface area contributed by atoms with Crippen LogP contribution in [0.15, 0.2) is 0 Å². The molecule has 4 heteroatoms. The zero-order chi connectivity index (χ0) is 12.8. The minimum atomic E-state index is 0.164. The fraction of sp³-hybridized carbons (Fsp3) is 0.929. The Morgan fingerprint density at radius 2 is 2.00 bits per heavy atom. The maximum absolute atomic E-state index is 12.0. The highest BCUT2D eigenvalue weighted by Gasteiger charge is 2.21. The predicted molar refractivity (Wildman–Crippen MR) is 71.4 cm³/mol. The topological polar surface area (TPSA) is 41.6 Å². The highest BCUT2D eigenvalue weighted by molar-refractivity contribution is 5.77. The van der Waals surface area contributed by atoms with Gasteiger partial charge in [0.05, 0.1) is 6.10 Å². The van der Waals surface area contributed by atoms with Crippen LogP contribution in [0.25, 0.3) is 0 Å². The van der Waals surface area contributed by atoms with E-state index >= 15 is 0 Å². The largest absolute Gasteiger partial charge is 0.368 e. The molecule has 0 atom stereocenters. The van der Waals surface area contributed by atoms with E-state index in [9.17, 15) is 4.79 Å². The van der Waals surface area contributed by atoms with Crippen LogP contribution in [-0.4, -0.2) is 49.7 Å². The molecule has 1 aliphatic carbocycles. The van der Waals surface area contributed by atoms with Crippen LogP contribution >= 0.6 is 0 Å². The Balaban J connectivity index is 1.67. The van der Waals surface area contributed by atoms with Crippen LogP contribution in [0.2, 0.25) is 0 Å². The molecule has 0 radical (unpaired) electrons. The van der Waals surface area contributed by atoms with Gasteiger partial charge in [0.1, 0.15) is 6.61 Å². The van der Waals surface area contributed by atoms with Crippen LogP contribution in [-0.2, 0) is 9.53 Å². The van der Waals surface area contributed by atoms with E-state index in [4.69, 9.17) is 4.74 Å². The summed E-state index contributed by atoms with van der Waals surface area (Å²) in [5.41, 5.74) is 0. The molecule has 1 heterocycles. The van der Waals surface area contributed by atoms with Crippen LogP contribution < -0.4 is 5.32 Å². The number of rotatable bonds is 3. The Morgan fingerprint density at radius 3 is 2.78 bits per heavy atom. The predicted octanol–water partition coefficient (Wildman–Crippen LogP) is 1.40. The third kappa shape index (κ3) is 4.25. The lowest BCUT2D eigenvalue weighted by Gasteiger charge is -2.27. The molecule has 0 unspecified atom stereocenters. The monoisotopic (exact) mass is 254 g/mol. The molecule has 1 amide bonds. The van der Waals surface area contributed by atoms with Gasteiger partial charge < -0.3 is 15.0 Å². The van der Waals surface area contributed by atoms with Crippen molar-refractivity contribution in [3.63, 3.8) is 0 Å². The van der Waals surface area contributed by atoms with Crippen molar-refractivity contribution in [2.45, 2.75) is 45.1 Å². The molecule has 1 saturated carbocycles. The maximum Gasteiger partial charge on any atom is 0.248 e. The van der Waals surface area contributed by atoms with E-state index in [-0.39, 0.29) is 12.5 Å². The first-order valence-electron chi connectivity index (χ1n) is 7.36. The highest BCUT2D eigenvalue weighted by Crippen LogP contribution is 2.25. The molecule has 104 valence electrons. The number of carbonyl (C=O) groups excluding carboxylic acids is 1. The zero-order valence-electron chi connectivity index (χ0n) is 11.5. The maximum atomic E-state index is 12.0. The number of nitrogens with one attached hydrogen (secondary N) is 1. The summed E-state index contributed by atoms with van der Waals surface area (Å²) in [6.07, 6.45) is 6.09. The first-order chi connectivity index (χ1) is 8.75. The normalized spacial score (nSPS) is 29.9. The smallest absolute Gasteiger partial charge is 0.248 e. The van der Waals surface area contributed by atoms with E-state index in [0.717, 1.165) is 51.4 Å². The molecule has 0 aromatic heterocycles. The lowest BCUT2D eigenvalue weighted by molar-refractivity contribution is -0.138. The van der Waals surface area contributed by atoms with Crippen LogP contribution in [0.1, 0.15) is 39.0 Å². The molecule has 1 saturated heterocycles. The van der Waals surface area contributed by atoms with Gasteiger partial charge in [-0.2, -0.15) is 0 Å². The molecule has 2 rings (SSSR count). The third-order valence-electron chi connectivity index (χ3n) is 4.10. The Bertz CT molecular complexity index is 255. The van der Waals surface area contributed by atoms with E-state index in [1.165, 1.54) is 12.8 Å². The van der Waals surface area contributed by atoms with Crippen molar-refractivity contribution in [3.05, 3.63) is 0 Å². The van der Waals surface area contributed by atoms with Crippen molar-refractivity contribution in [2.75, 3.05) is 32.8 Å². The Morgan fingerprint density at radius 1 is 1.22 bits per heavy atom. The summed E-state index contributed by atoms with van der Waals surface area (Å²) >= 11 is 0. The Hall–Kier alpha value is -0.610. The highest BCUT2D eigenvalue weighted by atomic mass is 16.5. The molecule has 1 aliphatic heterocycles. The van der Waals surface area contributed by atoms with Crippen molar-refractivity contribution in [1.29, 1.82) is 0 Å². The van der Waals surface area contributed by atoms with Crippen molar-refractivity contribution in [2.24, 2.45) is 5.92 Å². The van der Waals surface area contributed by atoms with Crippen LogP contribution in [0.4, 0.5) is 0 Å². The van der Waals surface area contributed by atoms with Crippen LogP contribution in [0.3, 0.4) is 0 Å². The summed E-state index contributed by atoms with van der Waals surface area (Å²) in [5.74, 6) is 0.995. The molecule has 4 nitrogen and oxygen atoms in total. The summed E-state index contributed by atoms with van der Waals surface area (Å²) in [5, 5.41) is 3.31. The lowest BCUT2D eigenvalue weighted by Crippen LogP contribution is -2.38. The lowest BCUT2D eigenvalue weighted by atomic mass is 9.89. The zero-order valence-corrected chi connectivity index (χ0v) is 11.5. The molecule has 18 heavy (non-hydrogen) atoms. The fourth-order valence-electron chi connectivity index (χ4n) is 2.77. The van der Waals surface area contributed by atoms with E-state index < -0.39 is 0 Å². The van der Waals surface area contributed by atoms with Crippen molar-refractivity contribution >= 4 is 5.91 Å². The summed E-state index contributed by atoms with van der Waals surface area (Å²) in [6, 6.07) is 0. The third-order valence-corrected chi connectivity index (χ3v) is 4.10. The van der Waals surface area contributed by atoms with Gasteiger partial charge in [-0.3, -0.25) is 4.79 Å². The molecule has 0 bridgehead atoms. The van der Waals surface area contributed by atoms with E-state index in [1.54, 1.807) is 0 Å². The first-order valence-corrected chi connectivity index (χ1v) is 7.36. The number of nitrogens with zero attached hydrogens (tertiary/aromatic N) is 1. The SMILES string of the molecule is CC1CCC(OCC(=O)N2CCCNCC2)CC1. The van der Waals surface area contributed by atoms with E-state index in [2.05, 4.69) is 12.2 Å². The quantitative estimate of drug-likeness (QED) is 0.828. The van der Waals surface area contributed by atoms with Crippen molar-refractivity contribution < 1.29 is 9.53 Å². The fourth-order valence-corrected chi connectivity index (χ4v) is 2.77. The van der Waals surface area contributed by atoms with Crippen molar-refractivity contribution in [1.82, 2.24) is 10.2 Å². The van der Waals surface area contributed by atoms with E-state index in [1.807, 2.05) is 4.90 Å². The van der Waals surface area contributed by atoms with Gasteiger partial charge in [-0.05, 0) is 44.6 Å². The van der Waals surface area contributed by atoms with Crippen LogP contribution in [0, 0.1) is 5.92 Å². The average molecular weight is 254 g/mol. The second kappa shape index (κ2) is 7.10. The molecule has 0 aromatic rings. The second-order valence-corrected chi connectivity index (χ2v) is 5.68. The number of hydrogen-bond acceptors (Lipinski definition) is 3. The van der Waals surface area contributed by atoms with Crippen molar-refractivity contribution in [3.8, 4) is 0 Å². The molecular formula is C14H26N2O2. The Kier molecular flexibility index (Phi) is 5.45. The molecule has 2 fully saturated rings. The number of ether oxygens (including phenoxy) is 1. The number of carbonyl (C=O) groups is 1. The average Bonchev–Trinajstić information content (AvgIpc) is 2.66. The van der Waals surface area contributed by atoms with Gasteiger partial charge in [-0.1, -0.05) is 6.92 Å². The van der Waals surface area contributed by atoms with Gasteiger partial charge in [0.15, 0.2) is 0 Å². The molecule has 1 N–H and O–H groups in total. The van der Waals surface area contributed by atoms with Gasteiger partial charge in [0, 0.05) is 19.6 Å². The second-order valence-electron chi connectivity index (χ2n) is 5.68. The molecule has 0 aromatic carbocycles. The summed E-state index contributed by atoms with van der Waals surface area (Å²) in [7, 11) is 0. The Labute approximate surface area is 110 Å². The first kappa shape index (κ1) is 13.8. The minimum absolute atomic E-state index is 0.164. The van der Waals surface area contributed by atoms with Gasteiger partial charge in [0.2, 0.25) is 5.91 Å². The molecular weight excluding hydrogens is 228 g/mol. The molecule has 0 spiro atoms. The van der Waals surface area contributed by atoms with Gasteiger partial charge in [-0.15, -0.1) is 0 Å². The number of hydrogen-bond donors (Lipinski definition) is 1. The van der Waals surface area contributed by atoms with E-state index in [0.29, 0.717) is 6.10 Å².